The highest BCUT2D eigenvalue weighted by Crippen LogP contribution is 2.24. The molecule has 1 aromatic heterocycles. The van der Waals surface area contributed by atoms with E-state index in [0.717, 1.165) is 36.0 Å². The molecule has 0 spiro atoms. The summed E-state index contributed by atoms with van der Waals surface area (Å²) in [5.41, 5.74) is 2.63. The van der Waals surface area contributed by atoms with Crippen molar-refractivity contribution in [2.24, 2.45) is 0 Å². The van der Waals surface area contributed by atoms with Crippen LogP contribution in [0.15, 0.2) is 59.5 Å². The van der Waals surface area contributed by atoms with E-state index in [9.17, 15) is 9.59 Å². The van der Waals surface area contributed by atoms with Crippen molar-refractivity contribution in [2.45, 2.75) is 25.9 Å². The van der Waals surface area contributed by atoms with E-state index in [-0.39, 0.29) is 17.6 Å². The Morgan fingerprint density at radius 3 is 2.64 bits per heavy atom. The number of nitrogens with zero attached hydrogens (tertiary/aromatic N) is 1. The molecule has 144 valence electrons. The van der Waals surface area contributed by atoms with Crippen molar-refractivity contribution in [3.63, 3.8) is 0 Å². The zero-order valence-corrected chi connectivity index (χ0v) is 16.0. The second-order valence-electron chi connectivity index (χ2n) is 7.16. The van der Waals surface area contributed by atoms with Gasteiger partial charge in [-0.05, 0) is 66.6 Å². The molecule has 0 bridgehead atoms. The number of aromatic nitrogens is 1. The number of benzene rings is 2. The number of H-pyrrole nitrogens is 1. The lowest BCUT2D eigenvalue weighted by Gasteiger charge is -2.24. The van der Waals surface area contributed by atoms with Gasteiger partial charge in [0, 0.05) is 36.8 Å². The third-order valence-corrected chi connectivity index (χ3v) is 5.36. The second kappa shape index (κ2) is 7.98. The number of fused-ring (bicyclic) bond motifs is 1. The molecule has 0 saturated carbocycles. The lowest BCUT2D eigenvalue weighted by Crippen LogP contribution is -2.37. The number of aromatic amines is 1. The number of carbonyl (C=O) groups excluding carboxylic acids is 1. The highest BCUT2D eigenvalue weighted by molar-refractivity contribution is 5.95. The molecule has 0 radical (unpaired) electrons. The standard InChI is InChI=1S/C23H24N2O3/c1-2-25(15-20-4-3-13-28-20)23(27)17-7-5-16(6-8-17)18-9-10-21-19(14-18)11-12-24-22(21)26/h5-12,14,20H,2-4,13,15H2,1H3,(H,24,26). The Balaban J connectivity index is 1.54. The number of hydrogen-bond donors (Lipinski definition) is 1. The van der Waals surface area contributed by atoms with Gasteiger partial charge in [0.25, 0.3) is 11.5 Å². The largest absolute Gasteiger partial charge is 0.376 e. The molecule has 2 heterocycles. The van der Waals surface area contributed by atoms with Gasteiger partial charge in [0.15, 0.2) is 0 Å². The number of rotatable bonds is 5. The molecular weight excluding hydrogens is 352 g/mol. The minimum atomic E-state index is -0.0871. The van der Waals surface area contributed by atoms with Crippen molar-refractivity contribution in [1.82, 2.24) is 9.88 Å². The van der Waals surface area contributed by atoms with Crippen LogP contribution in [0.2, 0.25) is 0 Å². The van der Waals surface area contributed by atoms with E-state index in [4.69, 9.17) is 4.74 Å². The van der Waals surface area contributed by atoms with Gasteiger partial charge < -0.3 is 14.6 Å². The van der Waals surface area contributed by atoms with Crippen LogP contribution in [0, 0.1) is 0 Å². The molecule has 1 unspecified atom stereocenters. The quantitative estimate of drug-likeness (QED) is 0.736. The summed E-state index contributed by atoms with van der Waals surface area (Å²) < 4.78 is 5.67. The SMILES string of the molecule is CCN(CC1CCCO1)C(=O)c1ccc(-c2ccc3c(=O)[nH]ccc3c2)cc1. The first-order valence-electron chi connectivity index (χ1n) is 9.78. The van der Waals surface area contributed by atoms with Crippen LogP contribution in [-0.4, -0.2) is 41.6 Å². The van der Waals surface area contributed by atoms with E-state index in [1.165, 1.54) is 0 Å². The number of amides is 1. The summed E-state index contributed by atoms with van der Waals surface area (Å²) in [6, 6.07) is 15.3. The first-order chi connectivity index (χ1) is 13.7. The fraction of sp³-hybridized carbons (Fsp3) is 0.304. The van der Waals surface area contributed by atoms with Crippen molar-refractivity contribution in [1.29, 1.82) is 0 Å². The molecule has 1 N–H and O–H groups in total. The maximum Gasteiger partial charge on any atom is 0.255 e. The van der Waals surface area contributed by atoms with E-state index in [0.29, 0.717) is 24.0 Å². The van der Waals surface area contributed by atoms with Crippen molar-refractivity contribution >= 4 is 16.7 Å². The Kier molecular flexibility index (Phi) is 5.26. The molecule has 5 nitrogen and oxygen atoms in total. The Morgan fingerprint density at radius 1 is 1.14 bits per heavy atom. The Labute approximate surface area is 163 Å². The molecule has 2 aromatic carbocycles. The van der Waals surface area contributed by atoms with Gasteiger partial charge in [-0.2, -0.15) is 0 Å². The molecule has 1 aliphatic heterocycles. The lowest BCUT2D eigenvalue weighted by atomic mass is 10.0. The average Bonchev–Trinajstić information content (AvgIpc) is 3.25. The van der Waals surface area contributed by atoms with Crippen LogP contribution >= 0.6 is 0 Å². The Morgan fingerprint density at radius 2 is 1.93 bits per heavy atom. The number of ether oxygens (including phenoxy) is 1. The summed E-state index contributed by atoms with van der Waals surface area (Å²) in [5, 5.41) is 1.57. The number of hydrogen-bond acceptors (Lipinski definition) is 3. The van der Waals surface area contributed by atoms with E-state index in [2.05, 4.69) is 4.98 Å². The molecule has 1 atom stereocenters. The van der Waals surface area contributed by atoms with E-state index >= 15 is 0 Å². The second-order valence-corrected chi connectivity index (χ2v) is 7.16. The molecule has 1 fully saturated rings. The maximum atomic E-state index is 12.9. The van der Waals surface area contributed by atoms with Crippen LogP contribution in [-0.2, 0) is 4.74 Å². The predicted octanol–water partition coefficient (Wildman–Crippen LogP) is 3.84. The molecule has 5 heteroatoms. The van der Waals surface area contributed by atoms with Crippen molar-refractivity contribution in [2.75, 3.05) is 19.7 Å². The first kappa shape index (κ1) is 18.4. The molecule has 3 aromatic rings. The normalized spacial score (nSPS) is 16.4. The molecule has 0 aliphatic carbocycles. The number of nitrogens with one attached hydrogen (secondary N) is 1. The van der Waals surface area contributed by atoms with Gasteiger partial charge in [0.1, 0.15) is 0 Å². The fourth-order valence-electron chi connectivity index (χ4n) is 3.75. The monoisotopic (exact) mass is 376 g/mol. The summed E-state index contributed by atoms with van der Waals surface area (Å²) in [7, 11) is 0. The topological polar surface area (TPSA) is 62.4 Å². The van der Waals surface area contributed by atoms with Gasteiger partial charge in [-0.3, -0.25) is 9.59 Å². The van der Waals surface area contributed by atoms with Crippen LogP contribution in [0.3, 0.4) is 0 Å². The molecule has 1 saturated heterocycles. The van der Waals surface area contributed by atoms with Gasteiger partial charge in [-0.1, -0.05) is 18.2 Å². The van der Waals surface area contributed by atoms with Crippen molar-refractivity contribution in [3.05, 3.63) is 70.6 Å². The summed E-state index contributed by atoms with van der Waals surface area (Å²) >= 11 is 0. The van der Waals surface area contributed by atoms with Gasteiger partial charge >= 0.3 is 0 Å². The zero-order chi connectivity index (χ0) is 19.5. The average molecular weight is 376 g/mol. The van der Waals surface area contributed by atoms with Gasteiger partial charge in [0.2, 0.25) is 0 Å². The van der Waals surface area contributed by atoms with Crippen LogP contribution < -0.4 is 5.56 Å². The third kappa shape index (κ3) is 3.71. The van der Waals surface area contributed by atoms with Crippen LogP contribution in [0.5, 0.6) is 0 Å². The van der Waals surface area contributed by atoms with Crippen molar-refractivity contribution < 1.29 is 9.53 Å². The molecule has 1 aliphatic rings. The smallest absolute Gasteiger partial charge is 0.255 e. The summed E-state index contributed by atoms with van der Waals surface area (Å²) in [5.74, 6) is 0.0367. The third-order valence-electron chi connectivity index (χ3n) is 5.36. The minimum absolute atomic E-state index is 0.0367. The molecular formula is C23H24N2O3. The molecule has 1 amide bonds. The number of likely N-dealkylation sites (N-methyl/N-ethyl adjacent to an activating group) is 1. The summed E-state index contributed by atoms with van der Waals surface area (Å²) in [6.45, 7) is 4.11. The maximum absolute atomic E-state index is 12.9. The van der Waals surface area contributed by atoms with Crippen LogP contribution in [0.4, 0.5) is 0 Å². The fourth-order valence-corrected chi connectivity index (χ4v) is 3.75. The van der Waals surface area contributed by atoms with E-state index in [1.807, 2.05) is 60.4 Å². The number of pyridine rings is 1. The summed E-state index contributed by atoms with van der Waals surface area (Å²) in [6.07, 6.45) is 3.91. The molecule has 28 heavy (non-hydrogen) atoms. The van der Waals surface area contributed by atoms with E-state index < -0.39 is 0 Å². The van der Waals surface area contributed by atoms with Gasteiger partial charge in [-0.15, -0.1) is 0 Å². The van der Waals surface area contributed by atoms with Gasteiger partial charge in [-0.25, -0.2) is 0 Å². The highest BCUT2D eigenvalue weighted by atomic mass is 16.5. The highest BCUT2D eigenvalue weighted by Gasteiger charge is 2.22. The van der Waals surface area contributed by atoms with Gasteiger partial charge in [0.05, 0.1) is 6.10 Å². The van der Waals surface area contributed by atoms with E-state index in [1.54, 1.807) is 6.20 Å². The predicted molar refractivity (Wildman–Crippen MR) is 111 cm³/mol. The Hall–Kier alpha value is -2.92. The lowest BCUT2D eigenvalue weighted by molar-refractivity contribution is 0.0539. The van der Waals surface area contributed by atoms with Crippen molar-refractivity contribution in [3.8, 4) is 11.1 Å². The van der Waals surface area contributed by atoms with Crippen LogP contribution in [0.25, 0.3) is 21.9 Å². The zero-order valence-electron chi connectivity index (χ0n) is 16.0. The molecule has 4 rings (SSSR count). The summed E-state index contributed by atoms with van der Waals surface area (Å²) in [4.78, 5) is 29.3. The van der Waals surface area contributed by atoms with Crippen LogP contribution in [0.1, 0.15) is 30.1 Å². The number of carbonyl (C=O) groups is 1. The minimum Gasteiger partial charge on any atom is -0.376 e. The Bertz CT molecular complexity index is 1030. The first-order valence-corrected chi connectivity index (χ1v) is 9.78.